The predicted molar refractivity (Wildman–Crippen MR) is 100 cm³/mol. The number of carbonyl (C=O) groups is 1. The largest absolute Gasteiger partial charge is 0.497 e. The quantitative estimate of drug-likeness (QED) is 0.411. The van der Waals surface area contributed by atoms with Crippen molar-refractivity contribution in [1.82, 2.24) is 4.90 Å². The molecule has 1 aromatic carbocycles. The maximum Gasteiger partial charge on any atom is 0.260 e. The number of thioether (sulfide) groups is 1. The third-order valence-corrected chi connectivity index (χ3v) is 5.99. The lowest BCUT2D eigenvalue weighted by Gasteiger charge is -2.50. The number of β-lactam (4-membered cyclic amide) rings is 1. The Morgan fingerprint density at radius 1 is 1.38 bits per heavy atom. The number of aliphatic hydroxyl groups is 1. The SMILES string of the molecule is CCO[C@H]1C(=O)N2C(C(O)OCc3ccc(OC)cc3)=C(CCl)CS[C@H]12. The van der Waals surface area contributed by atoms with Crippen molar-refractivity contribution in [2.75, 3.05) is 25.3 Å². The molecule has 0 aliphatic carbocycles. The second-order valence-electron chi connectivity index (χ2n) is 5.92. The summed E-state index contributed by atoms with van der Waals surface area (Å²) in [6.45, 7) is 2.54. The van der Waals surface area contributed by atoms with E-state index in [0.717, 1.165) is 16.9 Å². The van der Waals surface area contributed by atoms with Gasteiger partial charge in [0.05, 0.1) is 19.4 Å². The van der Waals surface area contributed by atoms with Gasteiger partial charge in [0.25, 0.3) is 5.91 Å². The van der Waals surface area contributed by atoms with Gasteiger partial charge in [0.15, 0.2) is 12.4 Å². The van der Waals surface area contributed by atoms with Crippen LogP contribution >= 0.6 is 23.4 Å². The summed E-state index contributed by atoms with van der Waals surface area (Å²) in [5.74, 6) is 1.47. The molecular weight excluding hydrogens is 378 g/mol. The monoisotopic (exact) mass is 399 g/mol. The minimum Gasteiger partial charge on any atom is -0.497 e. The van der Waals surface area contributed by atoms with Crippen molar-refractivity contribution in [1.29, 1.82) is 0 Å². The zero-order valence-electron chi connectivity index (χ0n) is 14.7. The lowest BCUT2D eigenvalue weighted by atomic mass is 10.1. The number of alkyl halides is 1. The number of nitrogens with zero attached hydrogens (tertiary/aromatic N) is 1. The zero-order chi connectivity index (χ0) is 18.7. The Labute approximate surface area is 162 Å². The minimum absolute atomic E-state index is 0.136. The van der Waals surface area contributed by atoms with Crippen molar-refractivity contribution in [3.05, 3.63) is 41.1 Å². The number of hydrogen-bond donors (Lipinski definition) is 1. The van der Waals surface area contributed by atoms with Crippen LogP contribution in [0.15, 0.2) is 35.5 Å². The molecule has 6 nitrogen and oxygen atoms in total. The summed E-state index contributed by atoms with van der Waals surface area (Å²) < 4.78 is 16.3. The number of halogens is 1. The fourth-order valence-corrected chi connectivity index (χ4v) is 4.70. The van der Waals surface area contributed by atoms with Crippen LogP contribution in [0.5, 0.6) is 5.75 Å². The lowest BCUT2D eigenvalue weighted by molar-refractivity contribution is -0.169. The molecular formula is C18H22ClNO5S. The Hall–Kier alpha value is -1.25. The Bertz CT molecular complexity index is 681. The van der Waals surface area contributed by atoms with Crippen LogP contribution in [0.4, 0.5) is 0 Å². The topological polar surface area (TPSA) is 68.2 Å². The van der Waals surface area contributed by atoms with Crippen molar-refractivity contribution >= 4 is 29.3 Å². The number of methoxy groups -OCH3 is 1. The molecule has 0 aromatic heterocycles. The molecule has 1 fully saturated rings. The molecule has 2 heterocycles. The Kier molecular flexibility index (Phi) is 6.47. The Balaban J connectivity index is 1.70. The highest BCUT2D eigenvalue weighted by molar-refractivity contribution is 8.00. The molecule has 2 aliphatic rings. The molecule has 0 radical (unpaired) electrons. The number of carbonyl (C=O) groups excluding carboxylic acids is 1. The molecule has 0 spiro atoms. The summed E-state index contributed by atoms with van der Waals surface area (Å²) >= 11 is 7.63. The van der Waals surface area contributed by atoms with E-state index in [4.69, 9.17) is 25.8 Å². The smallest absolute Gasteiger partial charge is 0.260 e. The van der Waals surface area contributed by atoms with Crippen LogP contribution in [-0.4, -0.2) is 59.0 Å². The highest BCUT2D eigenvalue weighted by atomic mass is 35.5. The van der Waals surface area contributed by atoms with Crippen LogP contribution in [0, 0.1) is 0 Å². The summed E-state index contributed by atoms with van der Waals surface area (Å²) in [5, 5.41) is 10.5. The number of ether oxygens (including phenoxy) is 3. The van der Waals surface area contributed by atoms with Gasteiger partial charge in [-0.05, 0) is 30.2 Å². The van der Waals surface area contributed by atoms with Crippen molar-refractivity contribution in [2.24, 2.45) is 0 Å². The first-order valence-electron chi connectivity index (χ1n) is 8.37. The number of rotatable bonds is 8. The number of fused-ring (bicyclic) bond motifs is 1. The van der Waals surface area contributed by atoms with Crippen LogP contribution in [0.2, 0.25) is 0 Å². The van der Waals surface area contributed by atoms with Crippen LogP contribution in [-0.2, 0) is 20.9 Å². The number of hydrogen-bond acceptors (Lipinski definition) is 6. The van der Waals surface area contributed by atoms with Gasteiger partial charge in [-0.1, -0.05) is 12.1 Å². The van der Waals surface area contributed by atoms with Gasteiger partial charge in [-0.25, -0.2) is 0 Å². The van der Waals surface area contributed by atoms with Gasteiger partial charge < -0.3 is 19.3 Å². The van der Waals surface area contributed by atoms with Gasteiger partial charge in [-0.15, -0.1) is 23.4 Å². The average Bonchev–Trinajstić information content (AvgIpc) is 2.69. The third-order valence-electron chi connectivity index (χ3n) is 4.35. The van der Waals surface area contributed by atoms with E-state index in [9.17, 15) is 9.90 Å². The molecule has 3 atom stereocenters. The summed E-state index contributed by atoms with van der Waals surface area (Å²) in [4.78, 5) is 14.0. The first-order valence-corrected chi connectivity index (χ1v) is 9.95. The number of amides is 1. The summed E-state index contributed by atoms with van der Waals surface area (Å²) in [6.07, 6.45) is -1.69. The first kappa shape index (κ1) is 19.5. The molecule has 1 unspecified atom stereocenters. The Morgan fingerprint density at radius 2 is 2.12 bits per heavy atom. The minimum atomic E-state index is -1.22. The fourth-order valence-electron chi connectivity index (χ4n) is 3.00. The highest BCUT2D eigenvalue weighted by Gasteiger charge is 2.53. The van der Waals surface area contributed by atoms with E-state index in [-0.39, 0.29) is 23.8 Å². The Morgan fingerprint density at radius 3 is 2.73 bits per heavy atom. The summed E-state index contributed by atoms with van der Waals surface area (Å²) in [5.41, 5.74) is 2.15. The molecule has 1 aromatic rings. The second kappa shape index (κ2) is 8.63. The van der Waals surface area contributed by atoms with Crippen LogP contribution < -0.4 is 4.74 Å². The average molecular weight is 400 g/mol. The van der Waals surface area contributed by atoms with Gasteiger partial charge >= 0.3 is 0 Å². The molecule has 2 aliphatic heterocycles. The maximum atomic E-state index is 12.4. The second-order valence-corrected chi connectivity index (χ2v) is 7.29. The maximum absolute atomic E-state index is 12.4. The van der Waals surface area contributed by atoms with E-state index in [1.165, 1.54) is 0 Å². The van der Waals surface area contributed by atoms with E-state index in [0.29, 0.717) is 18.1 Å². The van der Waals surface area contributed by atoms with Gasteiger partial charge in [0, 0.05) is 18.2 Å². The normalized spacial score (nSPS) is 23.5. The zero-order valence-corrected chi connectivity index (χ0v) is 16.3. The predicted octanol–water partition coefficient (Wildman–Crippen LogP) is 2.34. The number of benzene rings is 1. The van der Waals surface area contributed by atoms with Crippen molar-refractivity contribution in [2.45, 2.75) is 31.3 Å². The highest BCUT2D eigenvalue weighted by Crippen LogP contribution is 2.43. The van der Waals surface area contributed by atoms with Crippen molar-refractivity contribution in [3.8, 4) is 5.75 Å². The summed E-state index contributed by atoms with van der Waals surface area (Å²) in [6, 6.07) is 7.38. The van der Waals surface area contributed by atoms with Crippen molar-refractivity contribution < 1.29 is 24.1 Å². The fraction of sp³-hybridized carbons (Fsp3) is 0.500. The van der Waals surface area contributed by atoms with Gasteiger partial charge in [0.1, 0.15) is 11.1 Å². The van der Waals surface area contributed by atoms with Gasteiger partial charge in [-0.3, -0.25) is 9.69 Å². The van der Waals surface area contributed by atoms with Crippen LogP contribution in [0.3, 0.4) is 0 Å². The first-order chi connectivity index (χ1) is 12.6. The molecule has 0 bridgehead atoms. The van der Waals surface area contributed by atoms with E-state index < -0.39 is 12.4 Å². The van der Waals surface area contributed by atoms with E-state index in [1.54, 1.807) is 23.8 Å². The lowest BCUT2D eigenvalue weighted by Crippen LogP contribution is -2.66. The molecule has 8 heteroatoms. The van der Waals surface area contributed by atoms with Crippen molar-refractivity contribution in [3.63, 3.8) is 0 Å². The molecule has 1 amide bonds. The molecule has 26 heavy (non-hydrogen) atoms. The van der Waals surface area contributed by atoms with Crippen LogP contribution in [0.1, 0.15) is 12.5 Å². The molecule has 3 rings (SSSR count). The molecule has 1 saturated heterocycles. The standard InChI is InChI=1S/C18H22ClNO5S/c1-3-24-15-16(21)20-14(12(8-19)10-26-17(15)20)18(22)25-9-11-4-6-13(23-2)7-5-11/h4-7,15,17-18,22H,3,8-10H2,1-2H3/t15-,17+,18?/m0/s1. The van der Waals surface area contributed by atoms with Gasteiger partial charge in [-0.2, -0.15) is 0 Å². The summed E-state index contributed by atoms with van der Waals surface area (Å²) in [7, 11) is 1.60. The molecule has 1 N–H and O–H groups in total. The van der Waals surface area contributed by atoms with Gasteiger partial charge in [0.2, 0.25) is 0 Å². The molecule has 142 valence electrons. The molecule has 0 saturated carbocycles. The third kappa shape index (κ3) is 3.73. The number of aliphatic hydroxyl groups excluding tert-OH is 1. The van der Waals surface area contributed by atoms with E-state index in [2.05, 4.69) is 0 Å². The van der Waals surface area contributed by atoms with E-state index >= 15 is 0 Å². The van der Waals surface area contributed by atoms with E-state index in [1.807, 2.05) is 31.2 Å². The van der Waals surface area contributed by atoms with Crippen LogP contribution in [0.25, 0.3) is 0 Å².